The Morgan fingerprint density at radius 2 is 0.700 bits per heavy atom. The van der Waals surface area contributed by atoms with Gasteiger partial charge in [0.25, 0.3) is 0 Å². The molecule has 0 aliphatic carbocycles. The first-order chi connectivity index (χ1) is 24.6. The van der Waals surface area contributed by atoms with Crippen LogP contribution in [0, 0.1) is 0 Å². The van der Waals surface area contributed by atoms with Crippen LogP contribution in [0.3, 0.4) is 0 Å². The van der Waals surface area contributed by atoms with Crippen molar-refractivity contribution in [1.29, 1.82) is 0 Å². The molecule has 2 N–H and O–H groups in total. The van der Waals surface area contributed by atoms with Crippen LogP contribution in [0.15, 0.2) is 134 Å². The smallest absolute Gasteiger partial charge is 0.176 e. The molecule has 5 aromatic heterocycles. The van der Waals surface area contributed by atoms with Gasteiger partial charge in [-0.05, 0) is 71.8 Å². The van der Waals surface area contributed by atoms with Crippen molar-refractivity contribution in [3.8, 4) is 44.5 Å². The molecule has 9 rings (SSSR count). The van der Waals surface area contributed by atoms with Gasteiger partial charge in [0.05, 0.1) is 22.8 Å². The summed E-state index contributed by atoms with van der Waals surface area (Å²) in [6.45, 7) is 0. The maximum absolute atomic E-state index is 5.39. The van der Waals surface area contributed by atoms with Gasteiger partial charge >= 0.3 is 0 Å². The van der Waals surface area contributed by atoms with Crippen LogP contribution in [-0.2, 0) is 14.1 Å². The molecule has 0 spiro atoms. The molecule has 0 radical (unpaired) electrons. The van der Waals surface area contributed by atoms with Crippen molar-refractivity contribution in [2.24, 2.45) is 14.1 Å². The zero-order valence-corrected chi connectivity index (χ0v) is 27.8. The molecule has 50 heavy (non-hydrogen) atoms. The van der Waals surface area contributed by atoms with Crippen LogP contribution in [0.1, 0.15) is 22.8 Å². The first kappa shape index (κ1) is 29.5. The molecule has 2 aliphatic rings. The lowest BCUT2D eigenvalue weighted by Crippen LogP contribution is -2.26. The van der Waals surface area contributed by atoms with Crippen LogP contribution in [0.2, 0.25) is 0 Å². The summed E-state index contributed by atoms with van der Waals surface area (Å²) in [6, 6.07) is 38.1. The predicted octanol–water partition coefficient (Wildman–Crippen LogP) is 8.97. The summed E-state index contributed by atoms with van der Waals surface area (Å²) in [4.78, 5) is 18.4. The van der Waals surface area contributed by atoms with E-state index in [1.807, 2.05) is 38.6 Å². The highest BCUT2D eigenvalue weighted by Gasteiger charge is 2.20. The van der Waals surface area contributed by atoms with E-state index in [1.165, 1.54) is 0 Å². The SMILES string of the molecule is C[n+]1cccc(-c2c3nc(c(-c4ccc[n+](C)c4)c4ccc([nH]4)c(-c4ccccc4)c4nc(c(-c5ccccc5)c5ccc2[nH]5)C=C4)C=C3)c1. The summed E-state index contributed by atoms with van der Waals surface area (Å²) >= 11 is 0. The van der Waals surface area contributed by atoms with Crippen molar-refractivity contribution >= 4 is 46.4 Å². The van der Waals surface area contributed by atoms with Crippen molar-refractivity contribution in [3.63, 3.8) is 0 Å². The number of H-pyrrole nitrogens is 2. The number of aromatic amines is 2. The van der Waals surface area contributed by atoms with Crippen LogP contribution < -0.4 is 9.13 Å². The number of nitrogens with zero attached hydrogens (tertiary/aromatic N) is 4. The fourth-order valence-corrected chi connectivity index (χ4v) is 7.10. The van der Waals surface area contributed by atoms with Crippen molar-refractivity contribution in [2.45, 2.75) is 0 Å². The minimum absolute atomic E-state index is 0.891. The second-order valence-corrected chi connectivity index (χ2v) is 12.8. The molecule has 7 heterocycles. The van der Waals surface area contributed by atoms with E-state index in [2.05, 4.69) is 153 Å². The minimum Gasteiger partial charge on any atom is -0.354 e. The van der Waals surface area contributed by atoms with Crippen LogP contribution in [0.25, 0.3) is 90.9 Å². The highest BCUT2D eigenvalue weighted by Crippen LogP contribution is 2.37. The third-order valence-electron chi connectivity index (χ3n) is 9.34. The zero-order valence-electron chi connectivity index (χ0n) is 27.8. The molecule has 0 atom stereocenters. The molecule has 6 heteroatoms. The van der Waals surface area contributed by atoms with Gasteiger partial charge in [-0.25, -0.2) is 19.1 Å². The lowest BCUT2D eigenvalue weighted by atomic mass is 10.0. The van der Waals surface area contributed by atoms with Crippen LogP contribution in [0.4, 0.5) is 0 Å². The molecule has 2 aromatic carbocycles. The molecular formula is C44H34N6+2. The maximum atomic E-state index is 5.39. The van der Waals surface area contributed by atoms with E-state index in [0.717, 1.165) is 89.4 Å². The topological polar surface area (TPSA) is 65.1 Å². The van der Waals surface area contributed by atoms with Gasteiger partial charge in [-0.2, -0.15) is 0 Å². The third kappa shape index (κ3) is 5.24. The highest BCUT2D eigenvalue weighted by molar-refractivity contribution is 5.99. The number of hydrogen-bond acceptors (Lipinski definition) is 2. The summed E-state index contributed by atoms with van der Waals surface area (Å²) in [5.74, 6) is 0. The Morgan fingerprint density at radius 3 is 1.04 bits per heavy atom. The second-order valence-electron chi connectivity index (χ2n) is 12.8. The average molecular weight is 647 g/mol. The van der Waals surface area contributed by atoms with E-state index in [9.17, 15) is 0 Å². The lowest BCUT2D eigenvalue weighted by Gasteiger charge is -2.06. The van der Waals surface area contributed by atoms with Gasteiger partial charge in [0, 0.05) is 67.6 Å². The minimum atomic E-state index is 0.891. The summed E-state index contributed by atoms with van der Waals surface area (Å²) in [5, 5.41) is 0. The van der Waals surface area contributed by atoms with Gasteiger partial charge in [0.2, 0.25) is 0 Å². The standard InChI is InChI=1S/C44H34N6/c1-49-25-9-15-31(27-49)43-37-21-19-35(46-37)41(29-11-5-3-6-12-29)33-17-18-34(45-33)42(30-13-7-4-8-14-30)36-20-22-38(47-36)44(40-24-23-39(43)48-40)32-16-10-26-50(2)28-32/h3-28,46-47H,1-2H3/q+2. The highest BCUT2D eigenvalue weighted by atomic mass is 14.9. The fraction of sp³-hybridized carbons (Fsp3) is 0.0455. The van der Waals surface area contributed by atoms with Crippen LogP contribution in [-0.4, -0.2) is 19.9 Å². The zero-order chi connectivity index (χ0) is 33.6. The van der Waals surface area contributed by atoms with Gasteiger partial charge < -0.3 is 9.97 Å². The molecule has 7 aromatic rings. The van der Waals surface area contributed by atoms with Crippen molar-refractivity contribution in [1.82, 2.24) is 19.9 Å². The normalized spacial score (nSPS) is 12.0. The first-order valence-electron chi connectivity index (χ1n) is 16.8. The number of rotatable bonds is 4. The summed E-state index contributed by atoms with van der Waals surface area (Å²) < 4.78 is 4.16. The molecule has 238 valence electrons. The lowest BCUT2D eigenvalue weighted by molar-refractivity contribution is -0.671. The van der Waals surface area contributed by atoms with E-state index in [0.29, 0.717) is 0 Å². The summed E-state index contributed by atoms with van der Waals surface area (Å²) in [6.07, 6.45) is 16.9. The number of hydrogen-bond donors (Lipinski definition) is 2. The molecule has 0 saturated heterocycles. The predicted molar refractivity (Wildman–Crippen MR) is 203 cm³/mol. The maximum Gasteiger partial charge on any atom is 0.176 e. The van der Waals surface area contributed by atoms with Gasteiger partial charge in [-0.1, -0.05) is 60.7 Å². The Bertz CT molecular complexity index is 2480. The average Bonchev–Trinajstić information content (AvgIpc) is 3.97. The van der Waals surface area contributed by atoms with E-state index >= 15 is 0 Å². The fourth-order valence-electron chi connectivity index (χ4n) is 7.10. The molecule has 0 saturated carbocycles. The Labute approximate surface area is 290 Å². The van der Waals surface area contributed by atoms with Crippen molar-refractivity contribution in [3.05, 3.63) is 157 Å². The van der Waals surface area contributed by atoms with Gasteiger partial charge in [-0.15, -0.1) is 0 Å². The van der Waals surface area contributed by atoms with E-state index in [-0.39, 0.29) is 0 Å². The summed E-state index contributed by atoms with van der Waals surface area (Å²) in [5.41, 5.74) is 16.0. The van der Waals surface area contributed by atoms with E-state index in [4.69, 9.17) is 9.97 Å². The Hall–Kier alpha value is -6.66. The van der Waals surface area contributed by atoms with E-state index < -0.39 is 0 Å². The van der Waals surface area contributed by atoms with Crippen LogP contribution >= 0.6 is 0 Å². The first-order valence-corrected chi connectivity index (χ1v) is 16.8. The summed E-state index contributed by atoms with van der Waals surface area (Å²) in [7, 11) is 4.10. The molecule has 8 bridgehead atoms. The quantitative estimate of drug-likeness (QED) is 0.188. The number of nitrogens with one attached hydrogen (secondary N) is 2. The van der Waals surface area contributed by atoms with Crippen molar-refractivity contribution < 1.29 is 9.13 Å². The third-order valence-corrected chi connectivity index (χ3v) is 9.34. The molecule has 0 amide bonds. The Balaban J connectivity index is 1.49. The van der Waals surface area contributed by atoms with E-state index in [1.54, 1.807) is 0 Å². The monoisotopic (exact) mass is 646 g/mol. The number of aryl methyl sites for hydroxylation is 2. The van der Waals surface area contributed by atoms with Gasteiger partial charge in [-0.3, -0.25) is 0 Å². The number of fused-ring (bicyclic) bond motifs is 8. The van der Waals surface area contributed by atoms with Crippen molar-refractivity contribution in [2.75, 3.05) is 0 Å². The molecular weight excluding hydrogens is 613 g/mol. The van der Waals surface area contributed by atoms with Crippen LogP contribution in [0.5, 0.6) is 0 Å². The molecule has 6 nitrogen and oxygen atoms in total. The largest absolute Gasteiger partial charge is 0.354 e. The van der Waals surface area contributed by atoms with Gasteiger partial charge in [0.1, 0.15) is 14.1 Å². The number of aromatic nitrogens is 6. The molecule has 0 unspecified atom stereocenters. The number of pyridine rings is 2. The molecule has 0 fully saturated rings. The Morgan fingerprint density at radius 1 is 0.380 bits per heavy atom. The Kier molecular flexibility index (Phi) is 7.13. The van der Waals surface area contributed by atoms with Gasteiger partial charge in [0.15, 0.2) is 24.8 Å². The second kappa shape index (κ2) is 12.1. The molecule has 2 aliphatic heterocycles. The number of benzene rings is 2.